The SMILES string of the molecule is O=C(NC(=O)N(SN1CCCCC1=O)c1ccc(Oc2ccc(C(F)(F)F)cc2Cl)cc1F)c1c(F)cccc1F. The van der Waals surface area contributed by atoms with Crippen LogP contribution in [0.3, 0.4) is 0 Å². The first-order valence-electron chi connectivity index (χ1n) is 11.8. The molecule has 41 heavy (non-hydrogen) atoms. The molecule has 7 nitrogen and oxygen atoms in total. The molecule has 4 amide bonds. The molecule has 4 rings (SSSR count). The summed E-state index contributed by atoms with van der Waals surface area (Å²) in [6.07, 6.45) is -3.31. The summed E-state index contributed by atoms with van der Waals surface area (Å²) in [6, 6.07) is 6.61. The van der Waals surface area contributed by atoms with E-state index in [2.05, 4.69) is 0 Å². The van der Waals surface area contributed by atoms with Crippen LogP contribution in [0.5, 0.6) is 11.5 Å². The summed E-state index contributed by atoms with van der Waals surface area (Å²) in [5.74, 6) is -5.84. The molecule has 0 unspecified atom stereocenters. The number of carbonyl (C=O) groups is 3. The Labute approximate surface area is 238 Å². The molecular formula is C26H18ClF6N3O4S. The van der Waals surface area contributed by atoms with Crippen molar-refractivity contribution in [3.8, 4) is 11.5 Å². The van der Waals surface area contributed by atoms with Crippen molar-refractivity contribution >= 4 is 47.3 Å². The fraction of sp³-hybridized carbons (Fsp3) is 0.192. The van der Waals surface area contributed by atoms with Crippen molar-refractivity contribution in [1.82, 2.24) is 9.62 Å². The zero-order valence-electron chi connectivity index (χ0n) is 20.6. The third-order valence-electron chi connectivity index (χ3n) is 5.68. The van der Waals surface area contributed by atoms with Crippen molar-refractivity contribution in [2.45, 2.75) is 25.4 Å². The third kappa shape index (κ3) is 7.06. The summed E-state index contributed by atoms with van der Waals surface area (Å²) in [5.41, 5.74) is -2.54. The van der Waals surface area contributed by atoms with Crippen LogP contribution in [0.1, 0.15) is 35.2 Å². The fourth-order valence-corrected chi connectivity index (χ4v) is 4.85. The molecule has 0 saturated carbocycles. The maximum Gasteiger partial charge on any atom is 0.416 e. The zero-order chi connectivity index (χ0) is 29.9. The molecule has 3 aromatic rings. The van der Waals surface area contributed by atoms with Gasteiger partial charge < -0.3 is 4.74 Å². The molecule has 1 aliphatic heterocycles. The topological polar surface area (TPSA) is 79.0 Å². The number of hydrogen-bond acceptors (Lipinski definition) is 5. The second-order valence-electron chi connectivity index (χ2n) is 8.54. The number of hydrogen-bond donors (Lipinski definition) is 1. The van der Waals surface area contributed by atoms with Gasteiger partial charge in [0.15, 0.2) is 5.82 Å². The van der Waals surface area contributed by atoms with E-state index in [1.165, 1.54) is 4.31 Å². The number of nitrogens with one attached hydrogen (secondary N) is 1. The van der Waals surface area contributed by atoms with Gasteiger partial charge in [-0.25, -0.2) is 22.3 Å². The molecular weight excluding hydrogens is 600 g/mol. The van der Waals surface area contributed by atoms with Gasteiger partial charge in [0.25, 0.3) is 5.91 Å². The molecule has 0 bridgehead atoms. The highest BCUT2D eigenvalue weighted by atomic mass is 35.5. The molecule has 1 N–H and O–H groups in total. The Bertz CT molecular complexity index is 1490. The Morgan fingerprint density at radius 2 is 1.68 bits per heavy atom. The zero-order valence-corrected chi connectivity index (χ0v) is 22.2. The van der Waals surface area contributed by atoms with Crippen LogP contribution in [0.2, 0.25) is 5.02 Å². The second-order valence-corrected chi connectivity index (χ2v) is 9.92. The lowest BCUT2D eigenvalue weighted by Crippen LogP contribution is -2.43. The van der Waals surface area contributed by atoms with Gasteiger partial charge in [-0.15, -0.1) is 0 Å². The van der Waals surface area contributed by atoms with Gasteiger partial charge in [0.05, 0.1) is 28.4 Å². The van der Waals surface area contributed by atoms with E-state index in [1.807, 2.05) is 0 Å². The molecule has 0 aromatic heterocycles. The molecule has 1 aliphatic rings. The largest absolute Gasteiger partial charge is 0.456 e. The molecule has 3 aromatic carbocycles. The summed E-state index contributed by atoms with van der Waals surface area (Å²) in [6.45, 7) is 0.193. The molecule has 0 aliphatic carbocycles. The predicted octanol–water partition coefficient (Wildman–Crippen LogP) is 7.50. The monoisotopic (exact) mass is 617 g/mol. The van der Waals surface area contributed by atoms with Gasteiger partial charge in [-0.05, 0) is 55.3 Å². The van der Waals surface area contributed by atoms with Gasteiger partial charge >= 0.3 is 12.2 Å². The van der Waals surface area contributed by atoms with Crippen LogP contribution in [0.4, 0.5) is 36.8 Å². The average Bonchev–Trinajstić information content (AvgIpc) is 2.89. The molecule has 1 heterocycles. The minimum atomic E-state index is -4.65. The second kappa shape index (κ2) is 12.3. The number of imide groups is 1. The number of halogens is 7. The number of ether oxygens (including phenoxy) is 1. The Morgan fingerprint density at radius 3 is 2.29 bits per heavy atom. The minimum Gasteiger partial charge on any atom is -0.456 e. The van der Waals surface area contributed by atoms with E-state index in [4.69, 9.17) is 16.3 Å². The van der Waals surface area contributed by atoms with Crippen molar-refractivity contribution in [2.24, 2.45) is 0 Å². The van der Waals surface area contributed by atoms with Gasteiger partial charge in [0.2, 0.25) is 5.91 Å². The maximum atomic E-state index is 15.3. The lowest BCUT2D eigenvalue weighted by Gasteiger charge is -2.30. The van der Waals surface area contributed by atoms with E-state index >= 15 is 4.39 Å². The van der Waals surface area contributed by atoms with E-state index in [1.54, 1.807) is 5.32 Å². The smallest absolute Gasteiger partial charge is 0.416 e. The molecule has 0 spiro atoms. The van der Waals surface area contributed by atoms with Gasteiger partial charge in [-0.2, -0.15) is 13.2 Å². The summed E-state index contributed by atoms with van der Waals surface area (Å²) >= 11 is 6.35. The predicted molar refractivity (Wildman–Crippen MR) is 138 cm³/mol. The number of nitrogens with zero attached hydrogens (tertiary/aromatic N) is 2. The molecule has 1 fully saturated rings. The number of alkyl halides is 3. The van der Waals surface area contributed by atoms with Crippen LogP contribution >= 0.6 is 23.7 Å². The van der Waals surface area contributed by atoms with Gasteiger partial charge in [-0.3, -0.25) is 19.2 Å². The third-order valence-corrected chi connectivity index (χ3v) is 7.08. The molecule has 15 heteroatoms. The quantitative estimate of drug-likeness (QED) is 0.229. The van der Waals surface area contributed by atoms with Crippen molar-refractivity contribution in [3.05, 3.63) is 88.2 Å². The van der Waals surface area contributed by atoms with Crippen molar-refractivity contribution in [3.63, 3.8) is 0 Å². The Balaban J connectivity index is 1.61. The standard InChI is InChI=1S/C26H18ClF6N3O4S/c27-16-12-14(26(31,32)33)7-10-21(16)40-15-8-9-20(19(30)13-15)36(41-35-11-2-1-6-22(35)37)25(39)34-24(38)23-17(28)4-3-5-18(23)29/h3-5,7-10,12-13H,1-2,6,11H2,(H,34,38,39). The van der Waals surface area contributed by atoms with Gasteiger partial charge in [0, 0.05) is 19.0 Å². The normalized spacial score (nSPS) is 13.6. The number of amides is 4. The lowest BCUT2D eigenvalue weighted by molar-refractivity contribution is -0.137. The van der Waals surface area contributed by atoms with Crippen LogP contribution in [0.25, 0.3) is 0 Å². The Morgan fingerprint density at radius 1 is 0.976 bits per heavy atom. The maximum absolute atomic E-state index is 15.3. The summed E-state index contributed by atoms with van der Waals surface area (Å²) in [5, 5.41) is 1.39. The fourth-order valence-electron chi connectivity index (χ4n) is 3.68. The molecule has 1 saturated heterocycles. The van der Waals surface area contributed by atoms with Crippen LogP contribution in [0.15, 0.2) is 54.6 Å². The highest BCUT2D eigenvalue weighted by molar-refractivity contribution is 7.99. The van der Waals surface area contributed by atoms with Crippen molar-refractivity contribution in [1.29, 1.82) is 0 Å². The molecule has 216 valence electrons. The van der Waals surface area contributed by atoms with Crippen molar-refractivity contribution < 1.29 is 45.5 Å². The number of anilines is 1. The lowest BCUT2D eigenvalue weighted by atomic mass is 10.2. The first kappa shape index (κ1) is 30.1. The van der Waals surface area contributed by atoms with E-state index < -0.39 is 57.4 Å². The number of carbonyl (C=O) groups excluding carboxylic acids is 3. The highest BCUT2D eigenvalue weighted by Crippen LogP contribution is 2.38. The molecule has 0 atom stereocenters. The summed E-state index contributed by atoms with van der Waals surface area (Å²) < 4.78 is 89.4. The van der Waals surface area contributed by atoms with Crippen molar-refractivity contribution in [2.75, 3.05) is 10.8 Å². The number of piperidine rings is 1. The van der Waals surface area contributed by atoms with Gasteiger partial charge in [-0.1, -0.05) is 17.7 Å². The average molecular weight is 618 g/mol. The van der Waals surface area contributed by atoms with Crippen LogP contribution < -0.4 is 14.4 Å². The van der Waals surface area contributed by atoms with E-state index in [9.17, 15) is 36.3 Å². The van der Waals surface area contributed by atoms with Gasteiger partial charge in [0.1, 0.15) is 28.7 Å². The number of benzene rings is 3. The van der Waals surface area contributed by atoms with E-state index in [-0.39, 0.29) is 30.4 Å². The van der Waals surface area contributed by atoms with Crippen LogP contribution in [-0.4, -0.2) is 28.7 Å². The van der Waals surface area contributed by atoms with Crippen LogP contribution in [0, 0.1) is 17.5 Å². The van der Waals surface area contributed by atoms with E-state index in [0.717, 1.165) is 48.5 Å². The summed E-state index contributed by atoms with van der Waals surface area (Å²) in [7, 11) is 0. The van der Waals surface area contributed by atoms with Crippen LogP contribution in [-0.2, 0) is 11.0 Å². The summed E-state index contributed by atoms with van der Waals surface area (Å²) in [4.78, 5) is 38.0. The highest BCUT2D eigenvalue weighted by Gasteiger charge is 2.32. The first-order chi connectivity index (χ1) is 19.3. The Kier molecular flexibility index (Phi) is 9.02. The van der Waals surface area contributed by atoms with E-state index in [0.29, 0.717) is 35.3 Å². The minimum absolute atomic E-state index is 0.158. The number of urea groups is 1. The Hall–Kier alpha value is -3.91. The molecule has 0 radical (unpaired) electrons. The first-order valence-corrected chi connectivity index (χ1v) is 12.9. The number of rotatable bonds is 6.